The summed E-state index contributed by atoms with van der Waals surface area (Å²) in [6.45, 7) is 2.10. The molecule has 5 heteroatoms. The maximum Gasteiger partial charge on any atom is 0.134 e. The molecule has 2 aliphatic heterocycles. The Balaban J connectivity index is 1.74. The van der Waals surface area contributed by atoms with E-state index in [4.69, 9.17) is 5.73 Å². The second-order valence-corrected chi connectivity index (χ2v) is 6.16. The summed E-state index contributed by atoms with van der Waals surface area (Å²) in [4.78, 5) is 11.1. The van der Waals surface area contributed by atoms with Gasteiger partial charge in [-0.1, -0.05) is 13.3 Å². The quantitative estimate of drug-likeness (QED) is 0.883. The molecule has 3 rings (SSSR count). The first kappa shape index (κ1) is 13.6. The van der Waals surface area contributed by atoms with Gasteiger partial charge in [-0.2, -0.15) is 0 Å². The summed E-state index contributed by atoms with van der Waals surface area (Å²) in [6, 6.07) is 1.97. The van der Waals surface area contributed by atoms with Gasteiger partial charge < -0.3 is 16.0 Å². The molecule has 0 aliphatic carbocycles. The van der Waals surface area contributed by atoms with Crippen molar-refractivity contribution in [2.75, 3.05) is 18.1 Å². The van der Waals surface area contributed by atoms with Crippen LogP contribution in [0.1, 0.15) is 44.6 Å². The summed E-state index contributed by atoms with van der Waals surface area (Å²) in [7, 11) is 2.28. The predicted octanol–water partition coefficient (Wildman–Crippen LogP) is 2.05. The highest BCUT2D eigenvalue weighted by molar-refractivity contribution is 5.55. The third kappa shape index (κ3) is 2.46. The molecule has 110 valence electrons. The second-order valence-electron chi connectivity index (χ2n) is 6.16. The first-order valence-electron chi connectivity index (χ1n) is 7.76. The number of nitrogens with one attached hydrogen (secondary N) is 1. The Morgan fingerprint density at radius 2 is 2.00 bits per heavy atom. The third-order valence-corrected chi connectivity index (χ3v) is 5.01. The molecule has 2 saturated heterocycles. The van der Waals surface area contributed by atoms with Crippen molar-refractivity contribution in [3.63, 3.8) is 0 Å². The van der Waals surface area contributed by atoms with Crippen molar-refractivity contribution in [1.29, 1.82) is 0 Å². The average molecular weight is 275 g/mol. The van der Waals surface area contributed by atoms with Crippen molar-refractivity contribution in [2.24, 2.45) is 0 Å². The molecule has 5 nitrogen and oxygen atoms in total. The molecule has 3 heterocycles. The summed E-state index contributed by atoms with van der Waals surface area (Å²) in [5.74, 6) is 1.55. The number of hydrogen-bond acceptors (Lipinski definition) is 5. The zero-order valence-corrected chi connectivity index (χ0v) is 12.5. The average Bonchev–Trinajstić information content (AvgIpc) is 2.40. The second kappa shape index (κ2) is 5.56. The van der Waals surface area contributed by atoms with Crippen LogP contribution in [0, 0.1) is 0 Å². The van der Waals surface area contributed by atoms with E-state index in [0.717, 1.165) is 29.9 Å². The number of rotatable bonds is 3. The van der Waals surface area contributed by atoms with Crippen LogP contribution in [0.4, 0.5) is 11.6 Å². The van der Waals surface area contributed by atoms with Gasteiger partial charge in [0, 0.05) is 23.7 Å². The number of aromatic nitrogens is 2. The minimum atomic E-state index is 0.515. The minimum absolute atomic E-state index is 0.515. The van der Waals surface area contributed by atoms with Gasteiger partial charge in [0.25, 0.3) is 0 Å². The van der Waals surface area contributed by atoms with Crippen molar-refractivity contribution >= 4 is 11.6 Å². The lowest BCUT2D eigenvalue weighted by Crippen LogP contribution is -2.52. The van der Waals surface area contributed by atoms with Crippen molar-refractivity contribution < 1.29 is 0 Å². The van der Waals surface area contributed by atoms with E-state index in [9.17, 15) is 0 Å². The number of nitrogens with zero attached hydrogens (tertiary/aromatic N) is 3. The minimum Gasteiger partial charge on any atom is -0.383 e. The van der Waals surface area contributed by atoms with Gasteiger partial charge in [-0.15, -0.1) is 0 Å². The Bertz CT molecular complexity index is 461. The predicted molar refractivity (Wildman–Crippen MR) is 81.7 cm³/mol. The fourth-order valence-corrected chi connectivity index (χ4v) is 3.83. The lowest BCUT2D eigenvalue weighted by molar-refractivity contribution is 0.0607. The summed E-state index contributed by atoms with van der Waals surface area (Å²) in [6.07, 6.45) is 8.89. The fourth-order valence-electron chi connectivity index (χ4n) is 3.83. The molecule has 0 spiro atoms. The van der Waals surface area contributed by atoms with E-state index >= 15 is 0 Å². The van der Waals surface area contributed by atoms with Crippen LogP contribution in [0.25, 0.3) is 0 Å². The Kier molecular flexibility index (Phi) is 3.78. The maximum atomic E-state index is 5.95. The molecule has 2 aliphatic rings. The molecule has 3 N–H and O–H groups in total. The monoisotopic (exact) mass is 275 g/mol. The van der Waals surface area contributed by atoms with Gasteiger partial charge in [-0.25, -0.2) is 9.97 Å². The van der Waals surface area contributed by atoms with E-state index in [1.807, 2.05) is 0 Å². The molecule has 20 heavy (non-hydrogen) atoms. The van der Waals surface area contributed by atoms with Gasteiger partial charge in [0.15, 0.2) is 0 Å². The maximum absolute atomic E-state index is 5.95. The lowest BCUT2D eigenvalue weighted by atomic mass is 9.82. The topological polar surface area (TPSA) is 67.1 Å². The fraction of sp³-hybridized carbons (Fsp3) is 0.733. The smallest absolute Gasteiger partial charge is 0.134 e. The SMILES string of the molecule is CCc1c(N)ncnc1NC1CC2CCCC(C1)N2C. The van der Waals surface area contributed by atoms with Gasteiger partial charge in [0.05, 0.1) is 0 Å². The number of piperidine rings is 2. The highest BCUT2D eigenvalue weighted by atomic mass is 15.2. The number of nitrogens with two attached hydrogens (primary N) is 1. The summed E-state index contributed by atoms with van der Waals surface area (Å²) in [5, 5.41) is 3.63. The van der Waals surface area contributed by atoms with Crippen molar-refractivity contribution in [3.8, 4) is 0 Å². The Morgan fingerprint density at radius 1 is 1.30 bits per heavy atom. The third-order valence-electron chi connectivity index (χ3n) is 5.01. The largest absolute Gasteiger partial charge is 0.383 e. The Labute approximate surface area is 121 Å². The summed E-state index contributed by atoms with van der Waals surface area (Å²) < 4.78 is 0. The van der Waals surface area contributed by atoms with Gasteiger partial charge in [-0.3, -0.25) is 0 Å². The summed E-state index contributed by atoms with van der Waals surface area (Å²) in [5.41, 5.74) is 7.00. The molecule has 1 aromatic rings. The van der Waals surface area contributed by atoms with Crippen molar-refractivity contribution in [2.45, 2.75) is 63.6 Å². The van der Waals surface area contributed by atoms with E-state index < -0.39 is 0 Å². The Hall–Kier alpha value is -1.36. The zero-order chi connectivity index (χ0) is 14.1. The molecular formula is C15H25N5. The van der Waals surface area contributed by atoms with Gasteiger partial charge >= 0.3 is 0 Å². The molecule has 2 bridgehead atoms. The van der Waals surface area contributed by atoms with E-state index in [1.54, 1.807) is 6.33 Å². The van der Waals surface area contributed by atoms with Crippen LogP contribution in [0.15, 0.2) is 6.33 Å². The molecule has 0 saturated carbocycles. The van der Waals surface area contributed by atoms with Crippen LogP contribution < -0.4 is 11.1 Å². The lowest BCUT2D eigenvalue weighted by Gasteiger charge is -2.47. The van der Waals surface area contributed by atoms with E-state index in [0.29, 0.717) is 11.9 Å². The van der Waals surface area contributed by atoms with E-state index in [2.05, 4.69) is 34.2 Å². The first-order chi connectivity index (χ1) is 9.69. The molecule has 2 atom stereocenters. The number of nitrogen functional groups attached to an aromatic ring is 1. The normalized spacial score (nSPS) is 30.2. The first-order valence-corrected chi connectivity index (χ1v) is 7.76. The number of fused-ring (bicyclic) bond motifs is 2. The van der Waals surface area contributed by atoms with Gasteiger partial charge in [-0.05, 0) is 39.2 Å². The van der Waals surface area contributed by atoms with Crippen molar-refractivity contribution in [1.82, 2.24) is 14.9 Å². The van der Waals surface area contributed by atoms with E-state index in [-0.39, 0.29) is 0 Å². The molecule has 0 radical (unpaired) electrons. The molecule has 2 unspecified atom stereocenters. The van der Waals surface area contributed by atoms with E-state index in [1.165, 1.54) is 32.1 Å². The molecular weight excluding hydrogens is 250 g/mol. The van der Waals surface area contributed by atoms with Gasteiger partial charge in [0.1, 0.15) is 18.0 Å². The molecule has 2 fully saturated rings. The van der Waals surface area contributed by atoms with Crippen molar-refractivity contribution in [3.05, 3.63) is 11.9 Å². The number of anilines is 2. The van der Waals surface area contributed by atoms with Crippen LogP contribution in [-0.2, 0) is 6.42 Å². The van der Waals surface area contributed by atoms with Crippen LogP contribution in [-0.4, -0.2) is 40.0 Å². The van der Waals surface area contributed by atoms with Gasteiger partial charge in [0.2, 0.25) is 0 Å². The highest BCUT2D eigenvalue weighted by Gasteiger charge is 2.36. The highest BCUT2D eigenvalue weighted by Crippen LogP contribution is 2.34. The van der Waals surface area contributed by atoms with Crippen LogP contribution in [0.5, 0.6) is 0 Å². The molecule has 0 aromatic carbocycles. The van der Waals surface area contributed by atoms with Crippen LogP contribution >= 0.6 is 0 Å². The molecule has 1 aromatic heterocycles. The van der Waals surface area contributed by atoms with Crippen LogP contribution in [0.3, 0.4) is 0 Å². The standard InChI is InChI=1S/C15H25N5/c1-3-13-14(16)17-9-18-15(13)19-10-7-11-5-4-6-12(8-10)20(11)2/h9-12H,3-8H2,1-2H3,(H3,16,17,18,19). The summed E-state index contributed by atoms with van der Waals surface area (Å²) >= 11 is 0. The number of hydrogen-bond donors (Lipinski definition) is 2. The molecule has 0 amide bonds. The van der Waals surface area contributed by atoms with Crippen LogP contribution in [0.2, 0.25) is 0 Å². The zero-order valence-electron chi connectivity index (χ0n) is 12.5. The Morgan fingerprint density at radius 3 is 2.65 bits per heavy atom.